The number of benzene rings is 1. The zero-order valence-electron chi connectivity index (χ0n) is 15.8. The molecule has 0 heteroatoms. The quantitative estimate of drug-likeness (QED) is 0.541. The molecule has 1 aromatic rings. The van der Waals surface area contributed by atoms with Gasteiger partial charge < -0.3 is 0 Å². The third kappa shape index (κ3) is 5.78. The predicted octanol–water partition coefficient (Wildman–Crippen LogP) is 7.46. The summed E-state index contributed by atoms with van der Waals surface area (Å²) in [5.41, 5.74) is 4.93. The molecule has 0 bridgehead atoms. The van der Waals surface area contributed by atoms with Gasteiger partial charge in [-0.2, -0.15) is 0 Å². The Morgan fingerprint density at radius 1 is 0.818 bits per heavy atom. The highest BCUT2D eigenvalue weighted by molar-refractivity contribution is 5.38. The lowest BCUT2D eigenvalue weighted by Gasteiger charge is -2.28. The summed E-state index contributed by atoms with van der Waals surface area (Å²) in [6.07, 6.45) is 2.52. The maximum atomic E-state index is 2.46. The van der Waals surface area contributed by atoms with E-state index < -0.39 is 0 Å². The first kappa shape index (κ1) is 21.2. The van der Waals surface area contributed by atoms with Gasteiger partial charge in [-0.05, 0) is 52.2 Å². The van der Waals surface area contributed by atoms with Gasteiger partial charge in [-0.1, -0.05) is 87.9 Å². The molecule has 0 spiro atoms. The van der Waals surface area contributed by atoms with E-state index >= 15 is 0 Å². The summed E-state index contributed by atoms with van der Waals surface area (Å²) in [4.78, 5) is 0. The Kier molecular flexibility index (Phi) is 7.39. The van der Waals surface area contributed by atoms with Gasteiger partial charge in [0.05, 0.1) is 0 Å². The minimum Gasteiger partial charge on any atom is -0.0776 e. The van der Waals surface area contributed by atoms with E-state index in [0.717, 1.165) is 5.92 Å². The summed E-state index contributed by atoms with van der Waals surface area (Å²) in [5, 5.41) is 0. The highest BCUT2D eigenvalue weighted by Gasteiger charge is 2.22. The van der Waals surface area contributed by atoms with Crippen molar-refractivity contribution in [1.29, 1.82) is 0 Å². The molecule has 0 radical (unpaired) electrons. The fourth-order valence-electron chi connectivity index (χ4n) is 2.86. The fourth-order valence-corrected chi connectivity index (χ4v) is 2.86. The Bertz CT molecular complexity index is 420. The normalized spacial score (nSPS) is 13.9. The molecule has 0 aromatic heterocycles. The van der Waals surface area contributed by atoms with Crippen LogP contribution in [0.3, 0.4) is 0 Å². The monoisotopic (exact) mass is 304 g/mol. The van der Waals surface area contributed by atoms with Crippen LogP contribution >= 0.6 is 0 Å². The predicted molar refractivity (Wildman–Crippen MR) is 103 cm³/mol. The molecule has 0 nitrogen and oxygen atoms in total. The summed E-state index contributed by atoms with van der Waals surface area (Å²) in [7, 11) is 0. The van der Waals surface area contributed by atoms with Gasteiger partial charge in [0.2, 0.25) is 0 Å². The van der Waals surface area contributed by atoms with E-state index in [-0.39, 0.29) is 18.3 Å². The lowest BCUT2D eigenvalue weighted by atomic mass is 9.77. The molecule has 1 unspecified atom stereocenters. The van der Waals surface area contributed by atoms with Crippen molar-refractivity contribution >= 4 is 0 Å². The van der Waals surface area contributed by atoms with Gasteiger partial charge in [0.1, 0.15) is 0 Å². The van der Waals surface area contributed by atoms with Crippen molar-refractivity contribution in [2.75, 3.05) is 0 Å². The molecule has 0 aliphatic heterocycles. The lowest BCUT2D eigenvalue weighted by molar-refractivity contribution is 0.485. The van der Waals surface area contributed by atoms with Crippen molar-refractivity contribution in [2.45, 2.75) is 99.3 Å². The molecule has 1 atom stereocenters. The molecule has 0 saturated heterocycles. The Morgan fingerprint density at radius 2 is 1.23 bits per heavy atom. The van der Waals surface area contributed by atoms with E-state index in [0.29, 0.717) is 5.92 Å². The maximum absolute atomic E-state index is 2.46. The maximum Gasteiger partial charge on any atom is -0.0132 e. The standard InChI is InChI=1S/C21H36.CH4/c1-10-16(11-15(2)3)17-12-18(20(4,5)6)14-19(13-17)21(7,8)9;/h12-16H,10-11H2,1-9H3;1H4. The second kappa shape index (κ2) is 7.66. The van der Waals surface area contributed by atoms with E-state index in [1.807, 2.05) is 0 Å². The van der Waals surface area contributed by atoms with Crippen molar-refractivity contribution in [1.82, 2.24) is 0 Å². The van der Waals surface area contributed by atoms with Crippen LogP contribution in [0, 0.1) is 5.92 Å². The summed E-state index contributed by atoms with van der Waals surface area (Å²) in [6, 6.07) is 7.35. The topological polar surface area (TPSA) is 0 Å². The van der Waals surface area contributed by atoms with E-state index in [9.17, 15) is 0 Å². The zero-order chi connectivity index (χ0) is 16.4. The second-order valence-corrected chi connectivity index (χ2v) is 9.08. The van der Waals surface area contributed by atoms with Gasteiger partial charge in [-0.25, -0.2) is 0 Å². The molecule has 22 heavy (non-hydrogen) atoms. The molecule has 1 aromatic carbocycles. The highest BCUT2D eigenvalue weighted by atomic mass is 14.3. The SMILES string of the molecule is C.CCC(CC(C)C)c1cc(C(C)(C)C)cc(C(C)(C)C)c1. The average Bonchev–Trinajstić information content (AvgIpc) is 2.33. The average molecular weight is 305 g/mol. The van der Waals surface area contributed by atoms with Crippen LogP contribution in [-0.4, -0.2) is 0 Å². The van der Waals surface area contributed by atoms with Crippen LogP contribution in [0.1, 0.15) is 105 Å². The molecule has 0 N–H and O–H groups in total. The molecule has 0 amide bonds. The van der Waals surface area contributed by atoms with E-state index in [1.165, 1.54) is 24.0 Å². The third-order valence-electron chi connectivity index (χ3n) is 4.41. The highest BCUT2D eigenvalue weighted by Crippen LogP contribution is 2.35. The van der Waals surface area contributed by atoms with Crippen molar-refractivity contribution in [3.05, 3.63) is 34.9 Å². The van der Waals surface area contributed by atoms with Gasteiger partial charge in [0.15, 0.2) is 0 Å². The summed E-state index contributed by atoms with van der Waals surface area (Å²) < 4.78 is 0. The summed E-state index contributed by atoms with van der Waals surface area (Å²) >= 11 is 0. The van der Waals surface area contributed by atoms with Crippen LogP contribution in [0.5, 0.6) is 0 Å². The molecule has 1 rings (SSSR count). The third-order valence-corrected chi connectivity index (χ3v) is 4.41. The number of rotatable bonds is 4. The molecule has 0 aliphatic carbocycles. The van der Waals surface area contributed by atoms with Gasteiger partial charge in [0.25, 0.3) is 0 Å². The fraction of sp³-hybridized carbons (Fsp3) is 0.727. The molecular weight excluding hydrogens is 264 g/mol. The molecule has 0 saturated carbocycles. The number of hydrogen-bond acceptors (Lipinski definition) is 0. The van der Waals surface area contributed by atoms with Crippen LogP contribution in [0.15, 0.2) is 18.2 Å². The second-order valence-electron chi connectivity index (χ2n) is 9.08. The summed E-state index contributed by atoms with van der Waals surface area (Å²) in [5.74, 6) is 1.44. The van der Waals surface area contributed by atoms with E-state index in [2.05, 4.69) is 80.5 Å². The Hall–Kier alpha value is -0.780. The van der Waals surface area contributed by atoms with Crippen molar-refractivity contribution in [3.8, 4) is 0 Å². The lowest BCUT2D eigenvalue weighted by Crippen LogP contribution is -2.18. The van der Waals surface area contributed by atoms with Crippen LogP contribution in [0.2, 0.25) is 0 Å². The first-order valence-corrected chi connectivity index (χ1v) is 8.61. The van der Waals surface area contributed by atoms with Crippen molar-refractivity contribution in [2.24, 2.45) is 5.92 Å². The molecule has 0 heterocycles. The van der Waals surface area contributed by atoms with Gasteiger partial charge in [-0.3, -0.25) is 0 Å². The van der Waals surface area contributed by atoms with Crippen LogP contribution < -0.4 is 0 Å². The largest absolute Gasteiger partial charge is 0.0776 e. The van der Waals surface area contributed by atoms with E-state index in [1.54, 1.807) is 5.56 Å². The molecule has 0 aliphatic rings. The van der Waals surface area contributed by atoms with Crippen molar-refractivity contribution < 1.29 is 0 Å². The first-order chi connectivity index (χ1) is 9.45. The van der Waals surface area contributed by atoms with Crippen LogP contribution in [-0.2, 0) is 10.8 Å². The van der Waals surface area contributed by atoms with Gasteiger partial charge in [-0.15, -0.1) is 0 Å². The smallest absolute Gasteiger partial charge is 0.0132 e. The molecular formula is C22H40. The first-order valence-electron chi connectivity index (χ1n) is 8.61. The summed E-state index contributed by atoms with van der Waals surface area (Å²) in [6.45, 7) is 20.9. The Morgan fingerprint density at radius 3 is 1.50 bits per heavy atom. The Balaban J connectivity index is 0.00000441. The zero-order valence-corrected chi connectivity index (χ0v) is 15.8. The van der Waals surface area contributed by atoms with Crippen LogP contribution in [0.25, 0.3) is 0 Å². The minimum absolute atomic E-state index is 0. The van der Waals surface area contributed by atoms with Crippen molar-refractivity contribution in [3.63, 3.8) is 0 Å². The van der Waals surface area contributed by atoms with Gasteiger partial charge >= 0.3 is 0 Å². The Labute approximate surface area is 140 Å². The van der Waals surface area contributed by atoms with Crippen LogP contribution in [0.4, 0.5) is 0 Å². The van der Waals surface area contributed by atoms with E-state index in [4.69, 9.17) is 0 Å². The molecule has 128 valence electrons. The van der Waals surface area contributed by atoms with Gasteiger partial charge in [0, 0.05) is 0 Å². The number of hydrogen-bond donors (Lipinski definition) is 0. The molecule has 0 fully saturated rings. The minimum atomic E-state index is 0.